The molecule has 0 saturated heterocycles. The molecule has 1 atom stereocenters. The quantitative estimate of drug-likeness (QED) is 0.560. The van der Waals surface area contributed by atoms with Gasteiger partial charge in [-0.1, -0.05) is 51.1 Å². The lowest BCUT2D eigenvalue weighted by molar-refractivity contribution is -0.150. The highest BCUT2D eigenvalue weighted by atomic mass is 28.4. The summed E-state index contributed by atoms with van der Waals surface area (Å²) in [6.45, 7) is 13.2. The van der Waals surface area contributed by atoms with Crippen LogP contribution in [0.5, 0.6) is 0 Å². The number of aliphatic hydroxyl groups is 1. The molecular weight excluding hydrogens is 320 g/mol. The zero-order valence-corrected chi connectivity index (χ0v) is 16.9. The summed E-state index contributed by atoms with van der Waals surface area (Å²) in [6.07, 6.45) is 0.390. The summed E-state index contributed by atoms with van der Waals surface area (Å²) in [4.78, 5) is 11.9. The first-order chi connectivity index (χ1) is 10.9. The number of hydrogen-bond donors (Lipinski definition) is 1. The Morgan fingerprint density at radius 2 is 1.71 bits per heavy atom. The van der Waals surface area contributed by atoms with Crippen LogP contribution in [0.4, 0.5) is 0 Å². The summed E-state index contributed by atoms with van der Waals surface area (Å²) >= 11 is 0. The van der Waals surface area contributed by atoms with E-state index in [2.05, 4.69) is 33.9 Å². The predicted octanol–water partition coefficient (Wildman–Crippen LogP) is 4.28. The molecule has 0 saturated carbocycles. The van der Waals surface area contributed by atoms with E-state index in [4.69, 9.17) is 9.16 Å². The highest BCUT2D eigenvalue weighted by Gasteiger charge is 2.37. The van der Waals surface area contributed by atoms with Crippen LogP contribution in [-0.4, -0.2) is 31.6 Å². The number of carbonyl (C=O) groups excluding carboxylic acids is 1. The maximum absolute atomic E-state index is 11.9. The molecule has 1 unspecified atom stereocenters. The molecule has 0 aliphatic rings. The second-order valence-corrected chi connectivity index (χ2v) is 13.0. The van der Waals surface area contributed by atoms with Gasteiger partial charge in [-0.25, -0.2) is 0 Å². The van der Waals surface area contributed by atoms with Crippen molar-refractivity contribution in [2.24, 2.45) is 0 Å². The Bertz CT molecular complexity index is 518. The highest BCUT2D eigenvalue weighted by Crippen LogP contribution is 2.36. The molecule has 0 radical (unpaired) electrons. The van der Waals surface area contributed by atoms with E-state index in [9.17, 15) is 9.90 Å². The summed E-state index contributed by atoms with van der Waals surface area (Å²) in [5, 5.41) is 10.5. The minimum absolute atomic E-state index is 0.0271. The third-order valence-corrected chi connectivity index (χ3v) is 9.22. The standard InChI is InChI=1S/C19H32O4Si/c1-18(2,3)24(5,6)23-13-12-19(4,21)14-17(20)22-15-16-10-8-7-9-11-16/h7-11,21H,12-15H2,1-6H3. The molecule has 24 heavy (non-hydrogen) atoms. The average Bonchev–Trinajstić information content (AvgIpc) is 2.44. The molecule has 4 nitrogen and oxygen atoms in total. The molecule has 0 bridgehead atoms. The summed E-state index contributed by atoms with van der Waals surface area (Å²) in [5.74, 6) is -0.392. The third kappa shape index (κ3) is 7.15. The van der Waals surface area contributed by atoms with E-state index in [1.807, 2.05) is 30.3 Å². The molecule has 0 fully saturated rings. The number of carbonyl (C=O) groups is 1. The Morgan fingerprint density at radius 1 is 1.12 bits per heavy atom. The van der Waals surface area contributed by atoms with Crippen molar-refractivity contribution in [2.75, 3.05) is 6.61 Å². The second kappa shape index (κ2) is 8.27. The van der Waals surface area contributed by atoms with E-state index in [1.165, 1.54) is 0 Å². The van der Waals surface area contributed by atoms with E-state index < -0.39 is 19.9 Å². The zero-order valence-electron chi connectivity index (χ0n) is 15.9. The number of hydrogen-bond acceptors (Lipinski definition) is 4. The molecule has 5 heteroatoms. The van der Waals surface area contributed by atoms with Crippen LogP contribution in [0.3, 0.4) is 0 Å². The fourth-order valence-corrected chi connectivity index (χ4v) is 2.98. The van der Waals surface area contributed by atoms with Crippen LogP contribution in [0.15, 0.2) is 30.3 Å². The van der Waals surface area contributed by atoms with E-state index in [-0.39, 0.29) is 18.1 Å². The molecule has 0 amide bonds. The van der Waals surface area contributed by atoms with E-state index in [0.717, 1.165) is 5.56 Å². The third-order valence-electron chi connectivity index (χ3n) is 4.68. The topological polar surface area (TPSA) is 55.8 Å². The Morgan fingerprint density at radius 3 is 2.25 bits per heavy atom. The Kier molecular flexibility index (Phi) is 7.20. The van der Waals surface area contributed by atoms with E-state index >= 15 is 0 Å². The Balaban J connectivity index is 2.38. The maximum atomic E-state index is 11.9. The van der Waals surface area contributed by atoms with Gasteiger partial charge in [0.1, 0.15) is 6.61 Å². The molecule has 0 aliphatic carbocycles. The first-order valence-electron chi connectivity index (χ1n) is 8.49. The lowest BCUT2D eigenvalue weighted by Gasteiger charge is -2.37. The molecule has 1 aromatic rings. The molecular formula is C19H32O4Si. The van der Waals surface area contributed by atoms with Crippen molar-refractivity contribution < 1.29 is 19.1 Å². The lowest BCUT2D eigenvalue weighted by Crippen LogP contribution is -2.42. The van der Waals surface area contributed by atoms with Gasteiger partial charge < -0.3 is 14.3 Å². The van der Waals surface area contributed by atoms with Crippen LogP contribution in [-0.2, 0) is 20.6 Å². The van der Waals surface area contributed by atoms with Crippen molar-refractivity contribution in [1.29, 1.82) is 0 Å². The van der Waals surface area contributed by atoms with Crippen molar-refractivity contribution in [2.45, 2.75) is 70.9 Å². The minimum Gasteiger partial charge on any atom is -0.461 e. The second-order valence-electron chi connectivity index (χ2n) is 8.18. The molecule has 1 rings (SSSR count). The molecule has 1 N–H and O–H groups in total. The summed E-state index contributed by atoms with van der Waals surface area (Å²) in [5.41, 5.74) is -0.178. The smallest absolute Gasteiger partial charge is 0.309 e. The van der Waals surface area contributed by atoms with Crippen molar-refractivity contribution in [3.05, 3.63) is 35.9 Å². The van der Waals surface area contributed by atoms with Crippen LogP contribution in [0.25, 0.3) is 0 Å². The molecule has 0 spiro atoms. The monoisotopic (exact) mass is 352 g/mol. The Hall–Kier alpha value is -1.17. The van der Waals surface area contributed by atoms with Crippen LogP contribution in [0, 0.1) is 0 Å². The van der Waals surface area contributed by atoms with Crippen LogP contribution >= 0.6 is 0 Å². The highest BCUT2D eigenvalue weighted by molar-refractivity contribution is 6.74. The average molecular weight is 353 g/mol. The molecule has 136 valence electrons. The Labute approximate surface area is 147 Å². The maximum Gasteiger partial charge on any atom is 0.309 e. The van der Waals surface area contributed by atoms with E-state index in [0.29, 0.717) is 13.0 Å². The van der Waals surface area contributed by atoms with Gasteiger partial charge in [-0.05, 0) is 37.0 Å². The zero-order chi connectivity index (χ0) is 18.4. The van der Waals surface area contributed by atoms with Crippen molar-refractivity contribution in [1.82, 2.24) is 0 Å². The minimum atomic E-state index is -1.83. The fourth-order valence-electron chi connectivity index (χ4n) is 1.93. The van der Waals surface area contributed by atoms with Gasteiger partial charge in [0.05, 0.1) is 12.0 Å². The van der Waals surface area contributed by atoms with Crippen LogP contribution in [0.2, 0.25) is 18.1 Å². The first kappa shape index (κ1) is 20.9. The number of ether oxygens (including phenoxy) is 1. The summed E-state index contributed by atoms with van der Waals surface area (Å²) < 4.78 is 11.3. The van der Waals surface area contributed by atoms with Crippen LogP contribution < -0.4 is 0 Å². The lowest BCUT2D eigenvalue weighted by atomic mass is 9.99. The first-order valence-corrected chi connectivity index (χ1v) is 11.4. The molecule has 0 aliphatic heterocycles. The van der Waals surface area contributed by atoms with Gasteiger partial charge in [-0.2, -0.15) is 0 Å². The van der Waals surface area contributed by atoms with Gasteiger partial charge in [-0.3, -0.25) is 4.79 Å². The number of rotatable bonds is 8. The molecule has 1 aromatic carbocycles. The largest absolute Gasteiger partial charge is 0.461 e. The van der Waals surface area contributed by atoms with E-state index in [1.54, 1.807) is 6.92 Å². The summed E-state index contributed by atoms with van der Waals surface area (Å²) in [7, 11) is -1.83. The van der Waals surface area contributed by atoms with Gasteiger partial charge in [0.25, 0.3) is 0 Å². The van der Waals surface area contributed by atoms with Gasteiger partial charge in [0, 0.05) is 6.61 Å². The normalized spacial score (nSPS) is 15.0. The van der Waals surface area contributed by atoms with Crippen molar-refractivity contribution in [3.63, 3.8) is 0 Å². The number of benzene rings is 1. The number of esters is 1. The summed E-state index contributed by atoms with van der Waals surface area (Å²) in [6, 6.07) is 9.52. The van der Waals surface area contributed by atoms with Crippen LogP contribution in [0.1, 0.15) is 46.1 Å². The predicted molar refractivity (Wildman–Crippen MR) is 99.2 cm³/mol. The van der Waals surface area contributed by atoms with Gasteiger partial charge in [-0.15, -0.1) is 0 Å². The molecule has 0 aromatic heterocycles. The van der Waals surface area contributed by atoms with Gasteiger partial charge in [0.2, 0.25) is 0 Å². The van der Waals surface area contributed by atoms with Gasteiger partial charge >= 0.3 is 5.97 Å². The SMILES string of the molecule is CC(O)(CCO[Si](C)(C)C(C)(C)C)CC(=O)OCc1ccccc1. The van der Waals surface area contributed by atoms with Crippen molar-refractivity contribution in [3.8, 4) is 0 Å². The molecule has 0 heterocycles. The van der Waals surface area contributed by atoms with Crippen molar-refractivity contribution >= 4 is 14.3 Å². The fraction of sp³-hybridized carbons (Fsp3) is 0.632. The van der Waals surface area contributed by atoms with Gasteiger partial charge in [0.15, 0.2) is 8.32 Å².